The minimum atomic E-state index is 0.504. The molecule has 0 amide bonds. The van der Waals surface area contributed by atoms with Crippen molar-refractivity contribution in [3.63, 3.8) is 0 Å². The highest BCUT2D eigenvalue weighted by atomic mass is 16.5. The molecular weight excluding hydrogens is 464 g/mol. The van der Waals surface area contributed by atoms with Gasteiger partial charge in [-0.3, -0.25) is 0 Å². The maximum Gasteiger partial charge on any atom is 0.127 e. The molecule has 6 aromatic carbocycles. The summed E-state index contributed by atoms with van der Waals surface area (Å²) in [7, 11) is 3.62. The summed E-state index contributed by atoms with van der Waals surface area (Å²) in [6.45, 7) is 0. The van der Waals surface area contributed by atoms with Crippen LogP contribution in [-0.2, 0) is 12.8 Å². The zero-order chi connectivity index (χ0) is 25.4. The van der Waals surface area contributed by atoms with Gasteiger partial charge in [0.15, 0.2) is 0 Å². The fraction of sp³-hybridized carbons (Fsp3) is 0.222. The second-order valence-corrected chi connectivity index (χ2v) is 11.0. The average Bonchev–Trinajstić information content (AvgIpc) is 3.59. The van der Waals surface area contributed by atoms with Gasteiger partial charge in [-0.2, -0.15) is 0 Å². The molecule has 38 heavy (non-hydrogen) atoms. The summed E-state index contributed by atoms with van der Waals surface area (Å²) >= 11 is 0. The summed E-state index contributed by atoms with van der Waals surface area (Å²) < 4.78 is 12.0. The van der Waals surface area contributed by atoms with Gasteiger partial charge in [0.05, 0.1) is 14.2 Å². The van der Waals surface area contributed by atoms with Crippen molar-refractivity contribution in [1.82, 2.24) is 0 Å². The molecule has 0 heterocycles. The molecule has 0 bridgehead atoms. The van der Waals surface area contributed by atoms with Crippen LogP contribution in [0.3, 0.4) is 0 Å². The number of fused-ring (bicyclic) bond motifs is 10. The monoisotopic (exact) mass is 494 g/mol. The Kier molecular flexibility index (Phi) is 4.76. The third-order valence-electron chi connectivity index (χ3n) is 9.35. The van der Waals surface area contributed by atoms with Crippen LogP contribution in [0.5, 0.6) is 11.5 Å². The molecule has 186 valence electrons. The van der Waals surface area contributed by atoms with Crippen molar-refractivity contribution in [3.05, 3.63) is 107 Å². The molecule has 2 nitrogen and oxygen atoms in total. The number of hydrogen-bond acceptors (Lipinski definition) is 2. The van der Waals surface area contributed by atoms with Crippen LogP contribution in [0.4, 0.5) is 0 Å². The number of aryl methyl sites for hydroxylation is 2. The van der Waals surface area contributed by atoms with E-state index in [4.69, 9.17) is 9.47 Å². The van der Waals surface area contributed by atoms with Gasteiger partial charge in [0.2, 0.25) is 0 Å². The summed E-state index contributed by atoms with van der Waals surface area (Å²) in [4.78, 5) is 0. The van der Waals surface area contributed by atoms with Crippen molar-refractivity contribution in [3.8, 4) is 11.5 Å². The maximum atomic E-state index is 5.99. The Morgan fingerprint density at radius 3 is 1.42 bits per heavy atom. The maximum absolute atomic E-state index is 5.99. The molecule has 2 aliphatic rings. The SMILES string of the molecule is COc1cc2c(c3ccc4ccccc4c13)C(C1CCc3cc(OC)c4c(ccc5ccccc54)c31)CC2. The molecule has 2 aliphatic carbocycles. The van der Waals surface area contributed by atoms with E-state index < -0.39 is 0 Å². The van der Waals surface area contributed by atoms with Gasteiger partial charge in [-0.1, -0.05) is 72.8 Å². The quantitative estimate of drug-likeness (QED) is 0.228. The normalized spacial score (nSPS) is 18.4. The highest BCUT2D eigenvalue weighted by molar-refractivity contribution is 6.13. The van der Waals surface area contributed by atoms with Gasteiger partial charge in [-0.05, 0) is 104 Å². The topological polar surface area (TPSA) is 18.5 Å². The van der Waals surface area contributed by atoms with Crippen LogP contribution in [0.15, 0.2) is 84.9 Å². The average molecular weight is 495 g/mol. The van der Waals surface area contributed by atoms with Gasteiger partial charge in [0.25, 0.3) is 0 Å². The van der Waals surface area contributed by atoms with Crippen molar-refractivity contribution in [2.45, 2.75) is 37.5 Å². The van der Waals surface area contributed by atoms with Crippen LogP contribution in [0, 0.1) is 0 Å². The molecule has 0 saturated carbocycles. The minimum Gasteiger partial charge on any atom is -0.496 e. The van der Waals surface area contributed by atoms with E-state index in [1.807, 2.05) is 14.2 Å². The lowest BCUT2D eigenvalue weighted by Gasteiger charge is -2.25. The lowest BCUT2D eigenvalue weighted by molar-refractivity contribution is 0.419. The first kappa shape index (κ1) is 22.0. The largest absolute Gasteiger partial charge is 0.496 e. The fourth-order valence-corrected chi connectivity index (χ4v) is 7.81. The Morgan fingerprint density at radius 2 is 0.974 bits per heavy atom. The van der Waals surface area contributed by atoms with E-state index in [0.717, 1.165) is 24.3 Å². The predicted molar refractivity (Wildman–Crippen MR) is 158 cm³/mol. The van der Waals surface area contributed by atoms with E-state index in [2.05, 4.69) is 84.9 Å². The molecule has 2 atom stereocenters. The molecule has 2 heteroatoms. The smallest absolute Gasteiger partial charge is 0.127 e. The predicted octanol–water partition coefficient (Wildman–Crippen LogP) is 9.08. The fourth-order valence-electron chi connectivity index (χ4n) is 7.81. The Bertz CT molecular complexity index is 1770. The zero-order valence-electron chi connectivity index (χ0n) is 21.9. The van der Waals surface area contributed by atoms with Crippen LogP contribution in [-0.4, -0.2) is 14.2 Å². The molecular formula is C36H30O2. The Balaban J connectivity index is 1.38. The van der Waals surface area contributed by atoms with Crippen molar-refractivity contribution >= 4 is 43.1 Å². The third-order valence-corrected chi connectivity index (χ3v) is 9.35. The first-order chi connectivity index (χ1) is 18.8. The van der Waals surface area contributed by atoms with Crippen molar-refractivity contribution in [2.75, 3.05) is 14.2 Å². The van der Waals surface area contributed by atoms with Gasteiger partial charge in [0, 0.05) is 10.8 Å². The van der Waals surface area contributed by atoms with E-state index in [9.17, 15) is 0 Å². The van der Waals surface area contributed by atoms with Crippen molar-refractivity contribution in [2.24, 2.45) is 0 Å². The van der Waals surface area contributed by atoms with E-state index >= 15 is 0 Å². The number of hydrogen-bond donors (Lipinski definition) is 0. The van der Waals surface area contributed by atoms with Crippen LogP contribution in [0.2, 0.25) is 0 Å². The van der Waals surface area contributed by atoms with Gasteiger partial charge in [-0.25, -0.2) is 0 Å². The molecule has 6 aromatic rings. The summed E-state index contributed by atoms with van der Waals surface area (Å²) in [5.41, 5.74) is 6.03. The van der Waals surface area contributed by atoms with Gasteiger partial charge in [0.1, 0.15) is 11.5 Å². The third kappa shape index (κ3) is 2.95. The van der Waals surface area contributed by atoms with E-state index in [1.165, 1.54) is 67.1 Å². The van der Waals surface area contributed by atoms with E-state index in [-0.39, 0.29) is 0 Å². The molecule has 0 N–H and O–H groups in total. The summed E-state index contributed by atoms with van der Waals surface area (Å²) in [6, 6.07) is 31.4. The number of rotatable bonds is 3. The Hall–Kier alpha value is -4.04. The number of ether oxygens (including phenoxy) is 2. The first-order valence-electron chi connectivity index (χ1n) is 13.8. The van der Waals surface area contributed by atoms with Crippen molar-refractivity contribution in [1.29, 1.82) is 0 Å². The molecule has 0 spiro atoms. The van der Waals surface area contributed by atoms with Gasteiger partial charge in [-0.15, -0.1) is 0 Å². The number of benzene rings is 6. The Labute approximate surface area is 222 Å². The van der Waals surface area contributed by atoms with E-state index in [1.54, 1.807) is 11.1 Å². The summed E-state index contributed by atoms with van der Waals surface area (Å²) in [6.07, 6.45) is 4.61. The second kappa shape index (κ2) is 8.23. The molecule has 8 rings (SSSR count). The summed E-state index contributed by atoms with van der Waals surface area (Å²) in [5, 5.41) is 10.4. The van der Waals surface area contributed by atoms with Crippen LogP contribution in [0.25, 0.3) is 43.1 Å². The molecule has 0 aliphatic heterocycles. The second-order valence-electron chi connectivity index (χ2n) is 11.0. The number of methoxy groups -OCH3 is 2. The lowest BCUT2D eigenvalue weighted by Crippen LogP contribution is -2.07. The zero-order valence-corrected chi connectivity index (χ0v) is 21.9. The minimum absolute atomic E-state index is 0.504. The highest BCUT2D eigenvalue weighted by Gasteiger charge is 2.38. The standard InChI is InChI=1S/C36H30O2/c1-37-31-19-23-13-15-27(33(23)29-17-11-21-7-3-5-9-25(21)35(29)31)28-16-14-24-20-32(38-2)36-26-10-6-4-8-22(26)12-18-30(36)34(24)28/h3-12,17-20,27-28H,13-16H2,1-2H3. The Morgan fingerprint density at radius 1 is 0.526 bits per heavy atom. The van der Waals surface area contributed by atoms with Crippen LogP contribution in [0.1, 0.15) is 46.9 Å². The molecule has 0 saturated heterocycles. The molecule has 0 fully saturated rings. The lowest BCUT2D eigenvalue weighted by atomic mass is 9.79. The van der Waals surface area contributed by atoms with E-state index in [0.29, 0.717) is 11.8 Å². The highest BCUT2D eigenvalue weighted by Crippen LogP contribution is 2.55. The van der Waals surface area contributed by atoms with Crippen LogP contribution >= 0.6 is 0 Å². The first-order valence-corrected chi connectivity index (χ1v) is 13.8. The van der Waals surface area contributed by atoms with Gasteiger partial charge >= 0.3 is 0 Å². The van der Waals surface area contributed by atoms with Crippen molar-refractivity contribution < 1.29 is 9.47 Å². The molecule has 0 radical (unpaired) electrons. The molecule has 2 unspecified atom stereocenters. The summed E-state index contributed by atoms with van der Waals surface area (Å²) in [5.74, 6) is 3.02. The van der Waals surface area contributed by atoms with Gasteiger partial charge < -0.3 is 9.47 Å². The molecule has 0 aromatic heterocycles. The van der Waals surface area contributed by atoms with Crippen LogP contribution < -0.4 is 9.47 Å².